The highest BCUT2D eigenvalue weighted by Gasteiger charge is 2.14. The Hall–Kier alpha value is -2.66. The van der Waals surface area contributed by atoms with Gasteiger partial charge in [-0.25, -0.2) is 0 Å². The lowest BCUT2D eigenvalue weighted by molar-refractivity contribution is 0.0921. The van der Waals surface area contributed by atoms with Crippen molar-refractivity contribution in [1.82, 2.24) is 5.32 Å². The summed E-state index contributed by atoms with van der Waals surface area (Å²) in [6.07, 6.45) is 0. The number of fused-ring (bicyclic) bond motifs is 1. The fraction of sp³-hybridized carbons (Fsp3) is 0.167. The van der Waals surface area contributed by atoms with E-state index in [2.05, 4.69) is 5.32 Å². The Morgan fingerprint density at radius 3 is 2.75 bits per heavy atom. The SMILES string of the molecule is COc1cccc2cc(C(=O)NCCOc3ccccc3Cl)oc12. The third-order valence-electron chi connectivity index (χ3n) is 3.43. The first-order chi connectivity index (χ1) is 11.7. The molecule has 3 aromatic rings. The normalized spacial score (nSPS) is 10.6. The average Bonchev–Trinajstić information content (AvgIpc) is 3.04. The van der Waals surface area contributed by atoms with Crippen molar-refractivity contribution in [2.75, 3.05) is 20.3 Å². The second-order valence-corrected chi connectivity index (χ2v) is 5.43. The molecule has 0 unspecified atom stereocenters. The third-order valence-corrected chi connectivity index (χ3v) is 3.75. The predicted molar refractivity (Wildman–Crippen MR) is 92.0 cm³/mol. The maximum atomic E-state index is 12.2. The van der Waals surface area contributed by atoms with Crippen LogP contribution in [0.5, 0.6) is 11.5 Å². The van der Waals surface area contributed by atoms with Gasteiger partial charge in [0.1, 0.15) is 12.4 Å². The van der Waals surface area contributed by atoms with Crippen LogP contribution < -0.4 is 14.8 Å². The summed E-state index contributed by atoms with van der Waals surface area (Å²) >= 11 is 6.00. The van der Waals surface area contributed by atoms with Gasteiger partial charge in [0, 0.05) is 5.39 Å². The molecule has 1 heterocycles. The molecule has 1 aromatic heterocycles. The lowest BCUT2D eigenvalue weighted by Crippen LogP contribution is -2.27. The monoisotopic (exact) mass is 345 g/mol. The number of amides is 1. The molecule has 124 valence electrons. The Morgan fingerprint density at radius 1 is 1.17 bits per heavy atom. The second-order valence-electron chi connectivity index (χ2n) is 5.02. The summed E-state index contributed by atoms with van der Waals surface area (Å²) in [7, 11) is 1.56. The summed E-state index contributed by atoms with van der Waals surface area (Å²) in [6, 6.07) is 14.4. The predicted octanol–water partition coefficient (Wildman–Crippen LogP) is 3.90. The van der Waals surface area contributed by atoms with E-state index in [1.807, 2.05) is 24.3 Å². The Balaban J connectivity index is 1.58. The van der Waals surface area contributed by atoms with Crippen molar-refractivity contribution in [1.29, 1.82) is 0 Å². The van der Waals surface area contributed by atoms with Crippen molar-refractivity contribution in [3.8, 4) is 11.5 Å². The summed E-state index contributed by atoms with van der Waals surface area (Å²) in [4.78, 5) is 12.2. The molecule has 5 nitrogen and oxygen atoms in total. The quantitative estimate of drug-likeness (QED) is 0.688. The molecule has 6 heteroatoms. The van der Waals surface area contributed by atoms with Crippen molar-refractivity contribution >= 4 is 28.5 Å². The Bertz CT molecular complexity index is 859. The molecule has 3 rings (SSSR count). The number of carbonyl (C=O) groups excluding carboxylic acids is 1. The van der Waals surface area contributed by atoms with Crippen LogP contribution in [0.15, 0.2) is 52.9 Å². The van der Waals surface area contributed by atoms with Crippen LogP contribution in [0, 0.1) is 0 Å². The van der Waals surface area contributed by atoms with E-state index in [9.17, 15) is 4.79 Å². The van der Waals surface area contributed by atoms with Gasteiger partial charge in [-0.05, 0) is 24.3 Å². The molecule has 0 aliphatic heterocycles. The second kappa shape index (κ2) is 7.27. The number of benzene rings is 2. The molecule has 1 amide bonds. The largest absolute Gasteiger partial charge is 0.493 e. The minimum Gasteiger partial charge on any atom is -0.493 e. The Kier molecular flexibility index (Phi) is 4.91. The van der Waals surface area contributed by atoms with Gasteiger partial charge in [0.05, 0.1) is 18.7 Å². The van der Waals surface area contributed by atoms with Crippen molar-refractivity contribution in [2.24, 2.45) is 0 Å². The van der Waals surface area contributed by atoms with Gasteiger partial charge in [-0.2, -0.15) is 0 Å². The van der Waals surface area contributed by atoms with Crippen LogP contribution in [0.1, 0.15) is 10.6 Å². The van der Waals surface area contributed by atoms with Crippen LogP contribution >= 0.6 is 11.6 Å². The van der Waals surface area contributed by atoms with E-state index < -0.39 is 0 Å². The topological polar surface area (TPSA) is 60.7 Å². The van der Waals surface area contributed by atoms with Crippen LogP contribution in [0.2, 0.25) is 5.02 Å². The number of rotatable bonds is 6. The van der Waals surface area contributed by atoms with Crippen LogP contribution in [0.25, 0.3) is 11.0 Å². The van der Waals surface area contributed by atoms with Gasteiger partial charge < -0.3 is 19.2 Å². The van der Waals surface area contributed by atoms with Gasteiger partial charge >= 0.3 is 0 Å². The molecule has 0 fully saturated rings. The minimum atomic E-state index is -0.309. The standard InChI is InChI=1S/C18H16ClNO4/c1-22-15-8-4-5-12-11-16(24-17(12)15)18(21)20-9-10-23-14-7-3-2-6-13(14)19/h2-8,11H,9-10H2,1H3,(H,20,21). The number of nitrogens with one attached hydrogen (secondary N) is 1. The molecule has 0 atom stereocenters. The molecular weight excluding hydrogens is 330 g/mol. The fourth-order valence-electron chi connectivity index (χ4n) is 2.28. The summed E-state index contributed by atoms with van der Waals surface area (Å²) in [6.45, 7) is 0.636. The van der Waals surface area contributed by atoms with Crippen molar-refractivity contribution < 1.29 is 18.7 Å². The minimum absolute atomic E-state index is 0.229. The van der Waals surface area contributed by atoms with E-state index in [4.69, 9.17) is 25.5 Å². The molecule has 0 bridgehead atoms. The molecule has 0 radical (unpaired) electrons. The summed E-state index contributed by atoms with van der Waals surface area (Å²) in [5, 5.41) is 4.09. The molecule has 1 N–H and O–H groups in total. The number of carbonyl (C=O) groups is 1. The zero-order valence-electron chi connectivity index (χ0n) is 13.0. The third kappa shape index (κ3) is 3.46. The van der Waals surface area contributed by atoms with Crippen LogP contribution in [0.4, 0.5) is 0 Å². The van der Waals surface area contributed by atoms with Gasteiger partial charge in [0.2, 0.25) is 0 Å². The van der Waals surface area contributed by atoms with Crippen molar-refractivity contribution in [3.05, 3.63) is 59.3 Å². The number of ether oxygens (including phenoxy) is 2. The maximum absolute atomic E-state index is 12.2. The zero-order chi connectivity index (χ0) is 16.9. The van der Waals surface area contributed by atoms with Crippen molar-refractivity contribution in [3.63, 3.8) is 0 Å². The highest BCUT2D eigenvalue weighted by atomic mass is 35.5. The first-order valence-corrected chi connectivity index (χ1v) is 7.79. The van der Waals surface area contributed by atoms with E-state index in [0.717, 1.165) is 5.39 Å². The van der Waals surface area contributed by atoms with Crippen molar-refractivity contribution in [2.45, 2.75) is 0 Å². The van der Waals surface area contributed by atoms with Gasteiger partial charge in [0.25, 0.3) is 5.91 Å². The first kappa shape index (κ1) is 16.2. The fourth-order valence-corrected chi connectivity index (χ4v) is 2.47. The van der Waals surface area contributed by atoms with E-state index >= 15 is 0 Å². The number of furan rings is 1. The number of hydrogen-bond acceptors (Lipinski definition) is 4. The summed E-state index contributed by atoms with van der Waals surface area (Å²) < 4.78 is 16.3. The highest BCUT2D eigenvalue weighted by molar-refractivity contribution is 6.32. The molecule has 2 aromatic carbocycles. The van der Waals surface area contributed by atoms with Crippen LogP contribution in [-0.4, -0.2) is 26.2 Å². The van der Waals surface area contributed by atoms with E-state index in [0.29, 0.717) is 35.3 Å². The summed E-state index contributed by atoms with van der Waals surface area (Å²) in [5.41, 5.74) is 0.553. The lowest BCUT2D eigenvalue weighted by Gasteiger charge is -2.08. The molecule has 0 aliphatic rings. The first-order valence-electron chi connectivity index (χ1n) is 7.41. The number of para-hydroxylation sites is 2. The molecule has 0 saturated heterocycles. The number of methoxy groups -OCH3 is 1. The average molecular weight is 346 g/mol. The van der Waals surface area contributed by atoms with E-state index in [1.165, 1.54) is 0 Å². The molecule has 0 spiro atoms. The molecule has 0 saturated carbocycles. The molecule has 0 aliphatic carbocycles. The maximum Gasteiger partial charge on any atom is 0.287 e. The van der Waals surface area contributed by atoms with Gasteiger partial charge in [0.15, 0.2) is 17.1 Å². The van der Waals surface area contributed by atoms with E-state index in [-0.39, 0.29) is 11.7 Å². The van der Waals surface area contributed by atoms with Crippen LogP contribution in [-0.2, 0) is 0 Å². The van der Waals surface area contributed by atoms with E-state index in [1.54, 1.807) is 31.4 Å². The van der Waals surface area contributed by atoms with Gasteiger partial charge in [-0.1, -0.05) is 35.9 Å². The molecule has 24 heavy (non-hydrogen) atoms. The number of halogens is 1. The summed E-state index contributed by atoms with van der Waals surface area (Å²) in [5.74, 6) is 1.10. The highest BCUT2D eigenvalue weighted by Crippen LogP contribution is 2.28. The van der Waals surface area contributed by atoms with Gasteiger partial charge in [-0.15, -0.1) is 0 Å². The Labute approximate surface area is 144 Å². The van der Waals surface area contributed by atoms with Gasteiger partial charge in [-0.3, -0.25) is 4.79 Å². The number of hydrogen-bond donors (Lipinski definition) is 1. The van der Waals surface area contributed by atoms with Crippen LogP contribution in [0.3, 0.4) is 0 Å². The zero-order valence-corrected chi connectivity index (χ0v) is 13.8. The smallest absolute Gasteiger partial charge is 0.287 e. The lowest BCUT2D eigenvalue weighted by atomic mass is 10.2. The Morgan fingerprint density at radius 2 is 1.96 bits per heavy atom. The molecular formula is C18H16ClNO4.